The molecule has 0 aliphatic heterocycles. The smallest absolute Gasteiger partial charge is 0.223 e. The average molecular weight is 277 g/mol. The topological polar surface area (TPSA) is 49.3 Å². The van der Waals surface area contributed by atoms with Gasteiger partial charge in [0.15, 0.2) is 0 Å². The molecule has 2 N–H and O–H groups in total. The predicted octanol–water partition coefficient (Wildman–Crippen LogP) is 2.63. The van der Waals surface area contributed by atoms with E-state index in [-0.39, 0.29) is 18.1 Å². The molecule has 4 heteroatoms. The van der Waals surface area contributed by atoms with Crippen LogP contribution < -0.4 is 5.32 Å². The highest BCUT2D eigenvalue weighted by atomic mass is 19.1. The minimum absolute atomic E-state index is 0.129. The third kappa shape index (κ3) is 2.70. The van der Waals surface area contributed by atoms with Crippen molar-refractivity contribution in [3.63, 3.8) is 0 Å². The molecule has 1 amide bonds. The number of amides is 1. The van der Waals surface area contributed by atoms with E-state index in [1.165, 1.54) is 12.1 Å². The minimum atomic E-state index is -0.831. The van der Waals surface area contributed by atoms with E-state index in [1.54, 1.807) is 6.07 Å². The Morgan fingerprint density at radius 2 is 1.95 bits per heavy atom. The lowest BCUT2D eigenvalue weighted by Gasteiger charge is -2.24. The van der Waals surface area contributed by atoms with Crippen LogP contribution in [-0.2, 0) is 10.3 Å². The van der Waals surface area contributed by atoms with E-state index in [0.29, 0.717) is 12.8 Å². The molecule has 2 saturated carbocycles. The van der Waals surface area contributed by atoms with Crippen molar-refractivity contribution in [1.29, 1.82) is 0 Å². The van der Waals surface area contributed by atoms with Crippen LogP contribution in [0.2, 0.25) is 0 Å². The molecule has 2 aliphatic carbocycles. The van der Waals surface area contributed by atoms with E-state index in [0.717, 1.165) is 31.2 Å². The van der Waals surface area contributed by atoms with Gasteiger partial charge in [-0.15, -0.1) is 0 Å². The first-order valence-electron chi connectivity index (χ1n) is 7.31. The van der Waals surface area contributed by atoms with E-state index < -0.39 is 11.1 Å². The van der Waals surface area contributed by atoms with Gasteiger partial charge in [-0.2, -0.15) is 0 Å². The molecule has 108 valence electrons. The molecule has 0 radical (unpaired) electrons. The monoisotopic (exact) mass is 277 g/mol. The summed E-state index contributed by atoms with van der Waals surface area (Å²) in [5.41, 5.74) is -0.416. The third-order valence-electron chi connectivity index (χ3n) is 4.53. The Balaban J connectivity index is 1.66. The summed E-state index contributed by atoms with van der Waals surface area (Å²) in [6.45, 7) is 0. The summed E-state index contributed by atoms with van der Waals surface area (Å²) >= 11 is 0. The lowest BCUT2D eigenvalue weighted by atomic mass is 9.96. The minimum Gasteiger partial charge on any atom is -0.389 e. The van der Waals surface area contributed by atoms with Crippen molar-refractivity contribution >= 4 is 5.91 Å². The van der Waals surface area contributed by atoms with Gasteiger partial charge in [0, 0.05) is 0 Å². The lowest BCUT2D eigenvalue weighted by Crippen LogP contribution is -2.40. The summed E-state index contributed by atoms with van der Waals surface area (Å²) in [4.78, 5) is 12.2. The van der Waals surface area contributed by atoms with Crippen LogP contribution in [0.4, 0.5) is 4.39 Å². The van der Waals surface area contributed by atoms with Crippen LogP contribution >= 0.6 is 0 Å². The molecule has 0 aromatic heterocycles. The molecular weight excluding hydrogens is 257 g/mol. The highest BCUT2D eigenvalue weighted by molar-refractivity contribution is 5.78. The Morgan fingerprint density at radius 1 is 1.25 bits per heavy atom. The standard InChI is InChI=1S/C16H20FNO2/c17-13-5-3-4-12(10-13)16(8-9-16)18-14(19)11-15(20)6-1-2-7-15/h3-5,10,20H,1-2,6-9,11H2,(H,18,19). The van der Waals surface area contributed by atoms with Crippen molar-refractivity contribution in [1.82, 2.24) is 5.32 Å². The first-order chi connectivity index (χ1) is 9.51. The zero-order chi connectivity index (χ0) is 14.2. The van der Waals surface area contributed by atoms with Gasteiger partial charge in [0.1, 0.15) is 5.82 Å². The van der Waals surface area contributed by atoms with Crippen LogP contribution in [0, 0.1) is 5.82 Å². The van der Waals surface area contributed by atoms with Crippen LogP contribution in [0.3, 0.4) is 0 Å². The molecule has 20 heavy (non-hydrogen) atoms. The van der Waals surface area contributed by atoms with Crippen LogP contribution in [0.15, 0.2) is 24.3 Å². The van der Waals surface area contributed by atoms with Crippen molar-refractivity contribution in [2.75, 3.05) is 0 Å². The van der Waals surface area contributed by atoms with E-state index >= 15 is 0 Å². The highest BCUT2D eigenvalue weighted by Gasteiger charge is 2.46. The Bertz CT molecular complexity index is 519. The number of nitrogens with one attached hydrogen (secondary N) is 1. The zero-order valence-corrected chi connectivity index (χ0v) is 11.5. The molecule has 1 aromatic carbocycles. The maximum absolute atomic E-state index is 13.3. The van der Waals surface area contributed by atoms with Crippen molar-refractivity contribution in [3.05, 3.63) is 35.6 Å². The Labute approximate surface area is 118 Å². The van der Waals surface area contributed by atoms with Crippen molar-refractivity contribution in [2.24, 2.45) is 0 Å². The normalized spacial score (nSPS) is 22.5. The zero-order valence-electron chi connectivity index (χ0n) is 11.5. The summed E-state index contributed by atoms with van der Waals surface area (Å²) in [6, 6.07) is 6.41. The first kappa shape index (κ1) is 13.6. The quantitative estimate of drug-likeness (QED) is 0.889. The Morgan fingerprint density at radius 3 is 2.55 bits per heavy atom. The number of hydrogen-bond donors (Lipinski definition) is 2. The fourth-order valence-corrected chi connectivity index (χ4v) is 3.22. The van der Waals surface area contributed by atoms with Gasteiger partial charge < -0.3 is 10.4 Å². The third-order valence-corrected chi connectivity index (χ3v) is 4.53. The Kier molecular flexibility index (Phi) is 3.28. The van der Waals surface area contributed by atoms with E-state index in [9.17, 15) is 14.3 Å². The number of carbonyl (C=O) groups is 1. The SMILES string of the molecule is O=C(CC1(O)CCCC1)NC1(c2cccc(F)c2)CC1. The van der Waals surface area contributed by atoms with Crippen LogP contribution in [0.25, 0.3) is 0 Å². The summed E-state index contributed by atoms with van der Waals surface area (Å²) in [6.07, 6.45) is 5.20. The second-order valence-corrected chi connectivity index (χ2v) is 6.25. The van der Waals surface area contributed by atoms with Crippen LogP contribution in [0.1, 0.15) is 50.5 Å². The summed E-state index contributed by atoms with van der Waals surface area (Å²) < 4.78 is 13.3. The molecule has 0 heterocycles. The molecular formula is C16H20FNO2. The van der Waals surface area contributed by atoms with E-state index in [1.807, 2.05) is 6.07 Å². The summed E-state index contributed by atoms with van der Waals surface area (Å²) in [5.74, 6) is -0.409. The number of rotatable bonds is 4. The first-order valence-corrected chi connectivity index (χ1v) is 7.31. The van der Waals surface area contributed by atoms with Gasteiger partial charge in [0.2, 0.25) is 5.91 Å². The van der Waals surface area contributed by atoms with Gasteiger partial charge in [0.05, 0.1) is 17.6 Å². The number of halogens is 1. The molecule has 0 saturated heterocycles. The molecule has 0 unspecified atom stereocenters. The van der Waals surface area contributed by atoms with Crippen LogP contribution in [-0.4, -0.2) is 16.6 Å². The van der Waals surface area contributed by atoms with Gasteiger partial charge in [-0.3, -0.25) is 4.79 Å². The lowest BCUT2D eigenvalue weighted by molar-refractivity contribution is -0.127. The summed E-state index contributed by atoms with van der Waals surface area (Å²) in [5, 5.41) is 13.3. The maximum atomic E-state index is 13.3. The summed E-state index contributed by atoms with van der Waals surface area (Å²) in [7, 11) is 0. The number of benzene rings is 1. The molecule has 3 rings (SSSR count). The van der Waals surface area contributed by atoms with Crippen molar-refractivity contribution in [3.8, 4) is 0 Å². The van der Waals surface area contributed by atoms with Gasteiger partial charge in [0.25, 0.3) is 0 Å². The second-order valence-electron chi connectivity index (χ2n) is 6.25. The van der Waals surface area contributed by atoms with Gasteiger partial charge in [-0.05, 0) is 43.4 Å². The predicted molar refractivity (Wildman–Crippen MR) is 73.5 cm³/mol. The largest absolute Gasteiger partial charge is 0.389 e. The molecule has 0 bridgehead atoms. The van der Waals surface area contributed by atoms with Crippen molar-refractivity contribution < 1.29 is 14.3 Å². The molecule has 2 fully saturated rings. The fourth-order valence-electron chi connectivity index (χ4n) is 3.22. The fraction of sp³-hybridized carbons (Fsp3) is 0.562. The van der Waals surface area contributed by atoms with Crippen molar-refractivity contribution in [2.45, 2.75) is 56.1 Å². The number of aliphatic hydroxyl groups is 1. The number of carbonyl (C=O) groups excluding carboxylic acids is 1. The van der Waals surface area contributed by atoms with Gasteiger partial charge in [-0.25, -0.2) is 4.39 Å². The van der Waals surface area contributed by atoms with E-state index in [2.05, 4.69) is 5.32 Å². The molecule has 0 spiro atoms. The van der Waals surface area contributed by atoms with E-state index in [4.69, 9.17) is 0 Å². The second kappa shape index (κ2) is 4.85. The number of hydrogen-bond acceptors (Lipinski definition) is 2. The molecule has 1 aromatic rings. The van der Waals surface area contributed by atoms with Crippen LogP contribution in [0.5, 0.6) is 0 Å². The highest BCUT2D eigenvalue weighted by Crippen LogP contribution is 2.46. The average Bonchev–Trinajstić information content (AvgIpc) is 3.04. The molecule has 3 nitrogen and oxygen atoms in total. The van der Waals surface area contributed by atoms with Gasteiger partial charge in [-0.1, -0.05) is 25.0 Å². The Hall–Kier alpha value is -1.42. The van der Waals surface area contributed by atoms with Gasteiger partial charge >= 0.3 is 0 Å². The maximum Gasteiger partial charge on any atom is 0.223 e. The molecule has 2 aliphatic rings. The molecule has 0 atom stereocenters.